The van der Waals surface area contributed by atoms with Crippen LogP contribution in [0.2, 0.25) is 0 Å². The highest BCUT2D eigenvalue weighted by Crippen LogP contribution is 2.22. The number of piperazine rings is 1. The first-order valence-corrected chi connectivity index (χ1v) is 12.1. The number of carbonyl (C=O) groups is 1. The van der Waals surface area contributed by atoms with Gasteiger partial charge in [0.05, 0.1) is 5.69 Å². The number of imidazole rings is 1. The van der Waals surface area contributed by atoms with Gasteiger partial charge in [-0.25, -0.2) is 9.37 Å². The molecule has 1 amide bonds. The molecule has 0 saturated carbocycles. The Morgan fingerprint density at radius 1 is 0.943 bits per heavy atom. The molecule has 1 N–H and O–H groups in total. The zero-order valence-electron chi connectivity index (χ0n) is 20.2. The highest BCUT2D eigenvalue weighted by atomic mass is 19.1. The van der Waals surface area contributed by atoms with E-state index in [-0.39, 0.29) is 11.6 Å². The number of fused-ring (bicyclic) bond motifs is 1. The number of carbonyl (C=O) groups excluding carboxylic acids is 1. The fraction of sp³-hybridized carbons (Fsp3) is 0.286. The molecule has 0 bridgehead atoms. The number of nitrogens with one attached hydrogen (secondary N) is 1. The fourth-order valence-corrected chi connectivity index (χ4v) is 4.64. The fourth-order valence-electron chi connectivity index (χ4n) is 4.64. The molecular formula is C28H30FN5O. The van der Waals surface area contributed by atoms with Crippen LogP contribution < -0.4 is 15.1 Å². The normalized spacial score (nSPS) is 13.9. The van der Waals surface area contributed by atoms with E-state index in [9.17, 15) is 9.18 Å². The van der Waals surface area contributed by atoms with Gasteiger partial charge >= 0.3 is 0 Å². The van der Waals surface area contributed by atoms with E-state index < -0.39 is 5.82 Å². The Kier molecular flexibility index (Phi) is 6.40. The predicted octanol–water partition coefficient (Wildman–Crippen LogP) is 4.60. The number of hydrogen-bond donors (Lipinski definition) is 1. The number of rotatable bonds is 6. The summed E-state index contributed by atoms with van der Waals surface area (Å²) in [5, 5.41) is 2.97. The molecule has 180 valence electrons. The second-order valence-electron chi connectivity index (χ2n) is 8.97. The van der Waals surface area contributed by atoms with E-state index in [0.717, 1.165) is 31.7 Å². The van der Waals surface area contributed by atoms with Gasteiger partial charge in [0.2, 0.25) is 0 Å². The van der Waals surface area contributed by atoms with E-state index in [1.807, 2.05) is 6.92 Å². The summed E-state index contributed by atoms with van der Waals surface area (Å²) in [6, 6.07) is 20.0. The Bertz CT molecular complexity index is 1320. The van der Waals surface area contributed by atoms with Crippen LogP contribution in [0.5, 0.6) is 0 Å². The third kappa shape index (κ3) is 4.71. The van der Waals surface area contributed by atoms with E-state index in [4.69, 9.17) is 0 Å². The highest BCUT2D eigenvalue weighted by Gasteiger charge is 2.20. The van der Waals surface area contributed by atoms with Gasteiger partial charge in [-0.15, -0.1) is 0 Å². The molecule has 6 nitrogen and oxygen atoms in total. The van der Waals surface area contributed by atoms with Crippen LogP contribution in [0.3, 0.4) is 0 Å². The summed E-state index contributed by atoms with van der Waals surface area (Å²) in [4.78, 5) is 22.1. The topological polar surface area (TPSA) is 52.9 Å². The summed E-state index contributed by atoms with van der Waals surface area (Å²) < 4.78 is 15.7. The number of benzene rings is 2. The van der Waals surface area contributed by atoms with Gasteiger partial charge < -0.3 is 15.1 Å². The van der Waals surface area contributed by atoms with Crippen molar-refractivity contribution >= 4 is 22.9 Å². The molecule has 7 heteroatoms. The zero-order valence-corrected chi connectivity index (χ0v) is 20.2. The van der Waals surface area contributed by atoms with Crippen molar-refractivity contribution in [1.82, 2.24) is 14.7 Å². The van der Waals surface area contributed by atoms with Crippen molar-refractivity contribution < 1.29 is 9.18 Å². The summed E-state index contributed by atoms with van der Waals surface area (Å²) in [7, 11) is 0. The minimum Gasteiger partial charge on any atom is -0.368 e. The van der Waals surface area contributed by atoms with Crippen LogP contribution in [-0.2, 0) is 13.0 Å². The van der Waals surface area contributed by atoms with Crippen LogP contribution in [0.1, 0.15) is 34.2 Å². The van der Waals surface area contributed by atoms with Crippen LogP contribution in [-0.4, -0.2) is 41.5 Å². The summed E-state index contributed by atoms with van der Waals surface area (Å²) in [5.74, 6) is -0.687. The molecule has 35 heavy (non-hydrogen) atoms. The van der Waals surface area contributed by atoms with E-state index in [1.165, 1.54) is 27.4 Å². The first-order chi connectivity index (χ1) is 17.0. The lowest BCUT2D eigenvalue weighted by atomic mass is 10.1. The van der Waals surface area contributed by atoms with E-state index in [0.29, 0.717) is 24.4 Å². The van der Waals surface area contributed by atoms with Crippen LogP contribution in [0, 0.1) is 12.7 Å². The summed E-state index contributed by atoms with van der Waals surface area (Å²) >= 11 is 0. The van der Waals surface area contributed by atoms with Crippen LogP contribution >= 0.6 is 0 Å². The SMILES string of the molecule is CCc1nc2c(F)cccn2c1C(=O)NCc1ccc(N2CCN(c3ccc(C)cc3)CC2)cc1. The molecule has 0 atom stereocenters. The number of aryl methyl sites for hydroxylation is 2. The minimum absolute atomic E-state index is 0.182. The highest BCUT2D eigenvalue weighted by molar-refractivity contribution is 5.94. The molecule has 2 aromatic carbocycles. The molecule has 0 unspecified atom stereocenters. The van der Waals surface area contributed by atoms with Gasteiger partial charge in [-0.05, 0) is 55.3 Å². The molecule has 1 fully saturated rings. The average molecular weight is 472 g/mol. The van der Waals surface area contributed by atoms with Crippen molar-refractivity contribution in [2.75, 3.05) is 36.0 Å². The molecule has 1 aliphatic heterocycles. The maximum absolute atomic E-state index is 14.1. The van der Waals surface area contributed by atoms with Crippen LogP contribution in [0.15, 0.2) is 66.9 Å². The van der Waals surface area contributed by atoms with Crippen LogP contribution in [0.25, 0.3) is 5.65 Å². The Balaban J connectivity index is 1.20. The second-order valence-corrected chi connectivity index (χ2v) is 8.97. The quantitative estimate of drug-likeness (QED) is 0.447. The Morgan fingerprint density at radius 3 is 2.14 bits per heavy atom. The van der Waals surface area contributed by atoms with Gasteiger partial charge in [0.1, 0.15) is 5.69 Å². The van der Waals surface area contributed by atoms with Gasteiger partial charge in [-0.1, -0.05) is 36.8 Å². The van der Waals surface area contributed by atoms with Crippen molar-refractivity contribution in [3.8, 4) is 0 Å². The van der Waals surface area contributed by atoms with E-state index >= 15 is 0 Å². The molecule has 5 rings (SSSR count). The molecule has 0 spiro atoms. The molecule has 4 aromatic rings. The summed E-state index contributed by atoms with van der Waals surface area (Å²) in [6.45, 7) is 8.33. The molecule has 2 aromatic heterocycles. The van der Waals surface area contributed by atoms with Gasteiger partial charge in [-0.2, -0.15) is 0 Å². The van der Waals surface area contributed by atoms with Gasteiger partial charge in [0, 0.05) is 50.3 Å². The summed E-state index contributed by atoms with van der Waals surface area (Å²) in [6.07, 6.45) is 2.22. The van der Waals surface area contributed by atoms with Gasteiger partial charge in [0.15, 0.2) is 11.5 Å². The number of halogens is 1. The summed E-state index contributed by atoms with van der Waals surface area (Å²) in [5.41, 5.74) is 5.93. The smallest absolute Gasteiger partial charge is 0.270 e. The van der Waals surface area contributed by atoms with E-state index in [2.05, 4.69) is 75.6 Å². The Morgan fingerprint density at radius 2 is 1.54 bits per heavy atom. The second kappa shape index (κ2) is 9.78. The van der Waals surface area contributed by atoms with Crippen molar-refractivity contribution in [2.24, 2.45) is 0 Å². The number of hydrogen-bond acceptors (Lipinski definition) is 4. The Hall–Kier alpha value is -3.87. The predicted molar refractivity (Wildman–Crippen MR) is 138 cm³/mol. The lowest BCUT2D eigenvalue weighted by molar-refractivity contribution is 0.0944. The lowest BCUT2D eigenvalue weighted by Crippen LogP contribution is -2.46. The first-order valence-electron chi connectivity index (χ1n) is 12.1. The number of anilines is 2. The van der Waals surface area contributed by atoms with Crippen molar-refractivity contribution in [1.29, 1.82) is 0 Å². The third-order valence-electron chi connectivity index (χ3n) is 6.66. The standard InChI is InChI=1S/C28H30FN5O/c1-3-25-26(34-14-4-5-24(29)27(34)31-25)28(35)30-19-21-8-12-23(13-9-21)33-17-15-32(16-18-33)22-10-6-20(2)7-11-22/h4-14H,3,15-19H2,1-2H3,(H,30,35). The maximum Gasteiger partial charge on any atom is 0.270 e. The minimum atomic E-state index is -0.434. The monoisotopic (exact) mass is 471 g/mol. The number of pyridine rings is 1. The third-order valence-corrected chi connectivity index (χ3v) is 6.66. The van der Waals surface area contributed by atoms with Crippen LogP contribution in [0.4, 0.5) is 15.8 Å². The lowest BCUT2D eigenvalue weighted by Gasteiger charge is -2.37. The maximum atomic E-state index is 14.1. The number of amides is 1. The molecule has 1 saturated heterocycles. The van der Waals surface area contributed by atoms with Gasteiger partial charge in [-0.3, -0.25) is 9.20 Å². The molecular weight excluding hydrogens is 441 g/mol. The van der Waals surface area contributed by atoms with Crippen molar-refractivity contribution in [3.05, 3.63) is 95.2 Å². The largest absolute Gasteiger partial charge is 0.368 e. The van der Waals surface area contributed by atoms with Crippen molar-refractivity contribution in [2.45, 2.75) is 26.8 Å². The molecule has 1 aliphatic rings. The van der Waals surface area contributed by atoms with Crippen molar-refractivity contribution in [3.63, 3.8) is 0 Å². The molecule has 3 heterocycles. The average Bonchev–Trinajstić information content (AvgIpc) is 3.28. The van der Waals surface area contributed by atoms with E-state index in [1.54, 1.807) is 12.3 Å². The Labute approximate surface area is 205 Å². The molecule has 0 radical (unpaired) electrons. The molecule has 0 aliphatic carbocycles. The number of nitrogens with zero attached hydrogens (tertiary/aromatic N) is 4. The zero-order chi connectivity index (χ0) is 24.4. The number of aromatic nitrogens is 2. The first kappa shape index (κ1) is 22.9. The van der Waals surface area contributed by atoms with Gasteiger partial charge in [0.25, 0.3) is 5.91 Å².